The second-order valence-corrected chi connectivity index (χ2v) is 11.0. The number of urea groups is 1. The molecule has 2 fully saturated rings. The largest absolute Gasteiger partial charge is 0.416 e. The van der Waals surface area contributed by atoms with Crippen molar-refractivity contribution in [2.24, 2.45) is 0 Å². The fourth-order valence-electron chi connectivity index (χ4n) is 4.39. The number of hydrogen-bond acceptors (Lipinski definition) is 5. The zero-order valence-electron chi connectivity index (χ0n) is 20.2. The number of sulfonamides is 1. The fraction of sp³-hybridized carbons (Fsp3) is 0.417. The van der Waals surface area contributed by atoms with Gasteiger partial charge in [0.15, 0.2) is 0 Å². The van der Waals surface area contributed by atoms with E-state index in [1.165, 1.54) is 28.6 Å². The van der Waals surface area contributed by atoms with Crippen LogP contribution >= 0.6 is 0 Å². The van der Waals surface area contributed by atoms with Crippen LogP contribution in [0.5, 0.6) is 0 Å². The van der Waals surface area contributed by atoms with Crippen molar-refractivity contribution in [2.75, 3.05) is 50.4 Å². The van der Waals surface area contributed by atoms with Crippen LogP contribution < -0.4 is 10.6 Å². The van der Waals surface area contributed by atoms with Crippen molar-refractivity contribution >= 4 is 33.3 Å². The van der Waals surface area contributed by atoms with Crippen molar-refractivity contribution in [3.05, 3.63) is 54.1 Å². The van der Waals surface area contributed by atoms with Gasteiger partial charge in [0.1, 0.15) is 6.04 Å². The number of likely N-dealkylation sites (N-methyl/N-ethyl adjacent to an activating group) is 1. The highest BCUT2D eigenvalue weighted by molar-refractivity contribution is 7.89. The summed E-state index contributed by atoms with van der Waals surface area (Å²) in [7, 11) is -1.96. The molecule has 2 aliphatic heterocycles. The molecule has 0 spiro atoms. The Bertz CT molecular complexity index is 1230. The first-order valence-corrected chi connectivity index (χ1v) is 13.2. The van der Waals surface area contributed by atoms with E-state index in [9.17, 15) is 31.2 Å². The fourth-order valence-corrected chi connectivity index (χ4v) is 6.04. The van der Waals surface area contributed by atoms with E-state index in [0.29, 0.717) is 25.9 Å². The number of halogens is 3. The van der Waals surface area contributed by atoms with Crippen LogP contribution in [0.15, 0.2) is 53.4 Å². The van der Waals surface area contributed by atoms with Crippen LogP contribution in [0.4, 0.5) is 29.3 Å². The normalized spacial score (nSPS) is 19.6. The lowest BCUT2D eigenvalue weighted by atomic mass is 10.2. The second-order valence-electron chi connectivity index (χ2n) is 9.08. The summed E-state index contributed by atoms with van der Waals surface area (Å²) in [4.78, 5) is 29.1. The number of alkyl halides is 3. The molecule has 3 amide bonds. The maximum Gasteiger partial charge on any atom is 0.416 e. The molecule has 0 unspecified atom stereocenters. The minimum Gasteiger partial charge on any atom is -0.339 e. The standard InChI is InChI=1S/C24H28F3N5O4S/c1-30-13-15-31(16-14-30)22(33)21-3-2-12-32(21)37(35,36)20-10-8-19(9-11-20)29-23(34)28-18-6-4-17(5-7-18)24(25,26)27/h4-11,21H,2-3,12-16H2,1H3,(H2,28,29,34)/t21-/m0/s1. The van der Waals surface area contributed by atoms with E-state index in [1.807, 2.05) is 7.05 Å². The number of rotatable bonds is 5. The van der Waals surface area contributed by atoms with Crippen LogP contribution in [-0.4, -0.2) is 80.3 Å². The summed E-state index contributed by atoms with van der Waals surface area (Å²) in [5, 5.41) is 4.93. The molecule has 0 radical (unpaired) electrons. The van der Waals surface area contributed by atoms with Crippen molar-refractivity contribution < 1.29 is 31.2 Å². The molecule has 2 saturated heterocycles. The van der Waals surface area contributed by atoms with Gasteiger partial charge >= 0.3 is 12.2 Å². The predicted molar refractivity (Wildman–Crippen MR) is 132 cm³/mol. The highest BCUT2D eigenvalue weighted by Gasteiger charge is 2.41. The van der Waals surface area contributed by atoms with Gasteiger partial charge in [-0.3, -0.25) is 4.79 Å². The monoisotopic (exact) mass is 539 g/mol. The van der Waals surface area contributed by atoms with E-state index in [0.717, 1.165) is 37.4 Å². The highest BCUT2D eigenvalue weighted by Crippen LogP contribution is 2.30. The van der Waals surface area contributed by atoms with E-state index >= 15 is 0 Å². The molecule has 13 heteroatoms. The van der Waals surface area contributed by atoms with E-state index in [2.05, 4.69) is 15.5 Å². The highest BCUT2D eigenvalue weighted by atomic mass is 32.2. The number of piperazine rings is 1. The third-order valence-electron chi connectivity index (χ3n) is 6.49. The summed E-state index contributed by atoms with van der Waals surface area (Å²) >= 11 is 0. The van der Waals surface area contributed by atoms with E-state index < -0.39 is 33.8 Å². The molecule has 37 heavy (non-hydrogen) atoms. The Labute approximate surface area is 213 Å². The van der Waals surface area contributed by atoms with Crippen LogP contribution in [0.1, 0.15) is 18.4 Å². The minimum absolute atomic E-state index is 0.000671. The number of carbonyl (C=O) groups is 2. The molecule has 1 atom stereocenters. The molecule has 200 valence electrons. The van der Waals surface area contributed by atoms with Crippen molar-refractivity contribution in [1.29, 1.82) is 0 Å². The molecule has 9 nitrogen and oxygen atoms in total. The minimum atomic E-state index is -4.48. The molecular formula is C24H28F3N5O4S. The van der Waals surface area contributed by atoms with Gasteiger partial charge in [-0.15, -0.1) is 0 Å². The first-order valence-electron chi connectivity index (χ1n) is 11.8. The third kappa shape index (κ3) is 6.22. The van der Waals surface area contributed by atoms with Gasteiger partial charge in [0.2, 0.25) is 15.9 Å². The third-order valence-corrected chi connectivity index (χ3v) is 8.41. The quantitative estimate of drug-likeness (QED) is 0.608. The molecular weight excluding hydrogens is 511 g/mol. The summed E-state index contributed by atoms with van der Waals surface area (Å²) in [5.74, 6) is -0.174. The van der Waals surface area contributed by atoms with Gasteiger partial charge in [-0.25, -0.2) is 13.2 Å². The van der Waals surface area contributed by atoms with Crippen LogP contribution in [0, 0.1) is 0 Å². The lowest BCUT2D eigenvalue weighted by Gasteiger charge is -2.35. The molecule has 2 N–H and O–H groups in total. The summed E-state index contributed by atoms with van der Waals surface area (Å²) in [6.07, 6.45) is -3.42. The maximum atomic E-state index is 13.3. The van der Waals surface area contributed by atoms with Crippen molar-refractivity contribution in [3.8, 4) is 0 Å². The molecule has 0 aliphatic carbocycles. The number of nitrogens with zero attached hydrogens (tertiary/aromatic N) is 3. The van der Waals surface area contributed by atoms with Crippen molar-refractivity contribution in [2.45, 2.75) is 30.0 Å². The Morgan fingerprint density at radius 2 is 1.41 bits per heavy atom. The van der Waals surface area contributed by atoms with Crippen LogP contribution in [-0.2, 0) is 21.0 Å². The SMILES string of the molecule is CN1CCN(C(=O)[C@@H]2CCCN2S(=O)(=O)c2ccc(NC(=O)Nc3ccc(C(F)(F)F)cc3)cc2)CC1. The Morgan fingerprint density at radius 3 is 1.95 bits per heavy atom. The van der Waals surface area contributed by atoms with Crippen molar-refractivity contribution in [1.82, 2.24) is 14.1 Å². The van der Waals surface area contributed by atoms with Gasteiger partial charge in [-0.05, 0) is 68.4 Å². The second kappa shape index (κ2) is 10.7. The van der Waals surface area contributed by atoms with Crippen molar-refractivity contribution in [3.63, 3.8) is 0 Å². The summed E-state index contributed by atoms with van der Waals surface area (Å²) in [6.45, 7) is 2.86. The van der Waals surface area contributed by atoms with Crippen LogP contribution in [0.25, 0.3) is 0 Å². The molecule has 0 aromatic heterocycles. The lowest BCUT2D eigenvalue weighted by molar-refractivity contribution is -0.137. The first-order chi connectivity index (χ1) is 17.4. The zero-order valence-corrected chi connectivity index (χ0v) is 21.0. The number of amides is 3. The number of hydrogen-bond donors (Lipinski definition) is 2. The lowest BCUT2D eigenvalue weighted by Crippen LogP contribution is -2.53. The summed E-state index contributed by atoms with van der Waals surface area (Å²) in [6, 6.07) is 8.05. The predicted octanol–water partition coefficient (Wildman–Crippen LogP) is 3.28. The molecule has 2 heterocycles. The zero-order chi connectivity index (χ0) is 26.8. The smallest absolute Gasteiger partial charge is 0.339 e. The molecule has 4 rings (SSSR count). The molecule has 2 aromatic rings. The van der Waals surface area contributed by atoms with Gasteiger partial charge in [0, 0.05) is 44.1 Å². The van der Waals surface area contributed by atoms with E-state index in [-0.39, 0.29) is 28.7 Å². The number of carbonyl (C=O) groups excluding carboxylic acids is 2. The van der Waals surface area contributed by atoms with Gasteiger partial charge in [0.25, 0.3) is 0 Å². The average Bonchev–Trinajstić information content (AvgIpc) is 3.35. The summed E-state index contributed by atoms with van der Waals surface area (Å²) in [5.41, 5.74) is -0.384. The Hall–Kier alpha value is -3.16. The Kier molecular flexibility index (Phi) is 7.76. The Morgan fingerprint density at radius 1 is 0.865 bits per heavy atom. The van der Waals surface area contributed by atoms with Gasteiger partial charge < -0.3 is 20.4 Å². The van der Waals surface area contributed by atoms with Crippen LogP contribution in [0.2, 0.25) is 0 Å². The topological polar surface area (TPSA) is 102 Å². The molecule has 0 saturated carbocycles. The Balaban J connectivity index is 1.38. The van der Waals surface area contributed by atoms with Crippen LogP contribution in [0.3, 0.4) is 0 Å². The van der Waals surface area contributed by atoms with Gasteiger partial charge in [-0.1, -0.05) is 0 Å². The molecule has 2 aromatic carbocycles. The maximum absolute atomic E-state index is 13.3. The van der Waals surface area contributed by atoms with Gasteiger partial charge in [0.05, 0.1) is 10.5 Å². The van der Waals surface area contributed by atoms with E-state index in [1.54, 1.807) is 4.90 Å². The van der Waals surface area contributed by atoms with E-state index in [4.69, 9.17) is 0 Å². The number of nitrogens with one attached hydrogen (secondary N) is 2. The first kappa shape index (κ1) is 26.9. The average molecular weight is 540 g/mol. The molecule has 0 bridgehead atoms. The molecule has 2 aliphatic rings. The number of anilines is 2. The van der Waals surface area contributed by atoms with Gasteiger partial charge in [-0.2, -0.15) is 17.5 Å². The number of benzene rings is 2. The summed E-state index contributed by atoms with van der Waals surface area (Å²) < 4.78 is 65.9.